The average Bonchev–Trinajstić information content (AvgIpc) is 2.31. The molecule has 0 bridgehead atoms. The summed E-state index contributed by atoms with van der Waals surface area (Å²) < 4.78 is 0. The number of allylic oxidation sites excluding steroid dienone is 2. The summed E-state index contributed by atoms with van der Waals surface area (Å²) in [5, 5.41) is 0. The van der Waals surface area contributed by atoms with E-state index in [1.54, 1.807) is 0 Å². The SMILES string of the molecule is [CH]=C=CCCCCCCCCCCCC=C. The predicted molar refractivity (Wildman–Crippen MR) is 73.4 cm³/mol. The molecule has 0 aliphatic carbocycles. The molecule has 0 heteroatoms. The van der Waals surface area contributed by atoms with E-state index >= 15 is 0 Å². The smallest absolute Gasteiger partial charge is 0.0126 e. The number of rotatable bonds is 12. The summed E-state index contributed by atoms with van der Waals surface area (Å²) in [7, 11) is 0. The summed E-state index contributed by atoms with van der Waals surface area (Å²) >= 11 is 0. The summed E-state index contributed by atoms with van der Waals surface area (Å²) in [4.78, 5) is 0. The summed E-state index contributed by atoms with van der Waals surface area (Å²) in [5.74, 6) is 0. The van der Waals surface area contributed by atoms with Crippen LogP contribution in [0.5, 0.6) is 0 Å². The standard InChI is InChI=1S/C16H27/c1-3-5-7-9-11-13-15-16-14-12-10-8-6-4-2/h1,4-5H,2,6-16H2. The van der Waals surface area contributed by atoms with Crippen molar-refractivity contribution in [3.05, 3.63) is 31.0 Å². The Bertz CT molecular complexity index is 184. The first-order valence-corrected chi connectivity index (χ1v) is 6.80. The first-order valence-electron chi connectivity index (χ1n) is 6.80. The maximum Gasteiger partial charge on any atom is -0.0126 e. The Kier molecular flexibility index (Phi) is 13.6. The van der Waals surface area contributed by atoms with Gasteiger partial charge in [-0.15, -0.1) is 12.3 Å². The van der Waals surface area contributed by atoms with Crippen LogP contribution in [0.3, 0.4) is 0 Å². The Balaban J connectivity index is 2.93. The number of hydrogen-bond donors (Lipinski definition) is 0. The highest BCUT2D eigenvalue weighted by atomic mass is 14.0. The fraction of sp³-hybridized carbons (Fsp3) is 0.688. The summed E-state index contributed by atoms with van der Waals surface area (Å²) in [6.45, 7) is 8.88. The van der Waals surface area contributed by atoms with Gasteiger partial charge < -0.3 is 0 Å². The van der Waals surface area contributed by atoms with Crippen molar-refractivity contribution in [2.24, 2.45) is 0 Å². The maximum absolute atomic E-state index is 5.15. The molecule has 0 aliphatic rings. The van der Waals surface area contributed by atoms with Crippen LogP contribution in [-0.4, -0.2) is 0 Å². The van der Waals surface area contributed by atoms with E-state index in [0.717, 1.165) is 6.42 Å². The van der Waals surface area contributed by atoms with Crippen LogP contribution in [-0.2, 0) is 0 Å². The first-order chi connectivity index (χ1) is 7.91. The second kappa shape index (κ2) is 14.3. The lowest BCUT2D eigenvalue weighted by atomic mass is 10.1. The molecule has 0 nitrogen and oxygen atoms in total. The highest BCUT2D eigenvalue weighted by Crippen LogP contribution is 2.11. The molecular formula is C16H27. The van der Waals surface area contributed by atoms with E-state index < -0.39 is 0 Å². The largest absolute Gasteiger partial charge is 0.125 e. The molecule has 0 aromatic rings. The van der Waals surface area contributed by atoms with Gasteiger partial charge in [0.05, 0.1) is 0 Å². The van der Waals surface area contributed by atoms with Crippen LogP contribution in [0.4, 0.5) is 0 Å². The minimum Gasteiger partial charge on any atom is -0.125 e. The van der Waals surface area contributed by atoms with Gasteiger partial charge in [-0.25, -0.2) is 0 Å². The van der Waals surface area contributed by atoms with E-state index in [4.69, 9.17) is 6.58 Å². The van der Waals surface area contributed by atoms with Gasteiger partial charge in [-0.1, -0.05) is 51.0 Å². The number of unbranched alkanes of at least 4 members (excludes halogenated alkanes) is 10. The normalized spacial score (nSPS) is 9.75. The summed E-state index contributed by atoms with van der Waals surface area (Å²) in [6.07, 6.45) is 18.5. The molecule has 0 spiro atoms. The average molecular weight is 219 g/mol. The molecule has 0 amide bonds. The van der Waals surface area contributed by atoms with Crippen molar-refractivity contribution in [3.63, 3.8) is 0 Å². The van der Waals surface area contributed by atoms with Crippen molar-refractivity contribution in [1.82, 2.24) is 0 Å². The lowest BCUT2D eigenvalue weighted by Gasteiger charge is -2.01. The quantitative estimate of drug-likeness (QED) is 0.227. The van der Waals surface area contributed by atoms with Gasteiger partial charge in [0.2, 0.25) is 0 Å². The zero-order valence-corrected chi connectivity index (χ0v) is 10.7. The monoisotopic (exact) mass is 219 g/mol. The summed E-state index contributed by atoms with van der Waals surface area (Å²) in [5.41, 5.74) is 2.57. The molecule has 0 aliphatic heterocycles. The fourth-order valence-corrected chi connectivity index (χ4v) is 1.86. The minimum absolute atomic E-state index is 1.10. The van der Waals surface area contributed by atoms with Gasteiger partial charge >= 0.3 is 0 Å². The molecule has 1 radical (unpaired) electrons. The van der Waals surface area contributed by atoms with Gasteiger partial charge in [-0.05, 0) is 38.3 Å². The van der Waals surface area contributed by atoms with Crippen molar-refractivity contribution in [2.45, 2.75) is 70.6 Å². The van der Waals surface area contributed by atoms with Crippen molar-refractivity contribution in [2.75, 3.05) is 0 Å². The second-order valence-electron chi connectivity index (χ2n) is 4.42. The zero-order chi connectivity index (χ0) is 11.9. The Labute approximate surface area is 102 Å². The van der Waals surface area contributed by atoms with Crippen LogP contribution in [0, 0.1) is 6.58 Å². The molecule has 0 saturated heterocycles. The molecule has 0 heterocycles. The fourth-order valence-electron chi connectivity index (χ4n) is 1.86. The third-order valence-electron chi connectivity index (χ3n) is 2.87. The van der Waals surface area contributed by atoms with Gasteiger partial charge in [-0.3, -0.25) is 0 Å². The molecule has 0 aromatic heterocycles. The highest BCUT2D eigenvalue weighted by Gasteiger charge is 1.91. The van der Waals surface area contributed by atoms with E-state index in [0.29, 0.717) is 0 Å². The number of hydrogen-bond acceptors (Lipinski definition) is 0. The van der Waals surface area contributed by atoms with Crippen LogP contribution in [0.25, 0.3) is 0 Å². The molecule has 0 atom stereocenters. The van der Waals surface area contributed by atoms with Crippen LogP contribution < -0.4 is 0 Å². The second-order valence-corrected chi connectivity index (χ2v) is 4.42. The Morgan fingerprint density at radius 1 is 0.750 bits per heavy atom. The molecule has 16 heavy (non-hydrogen) atoms. The molecule has 91 valence electrons. The highest BCUT2D eigenvalue weighted by molar-refractivity contribution is 4.72. The molecule has 0 unspecified atom stereocenters. The Hall–Kier alpha value is -0.740. The molecular weight excluding hydrogens is 192 g/mol. The molecule has 0 aromatic carbocycles. The summed E-state index contributed by atoms with van der Waals surface area (Å²) in [6, 6.07) is 0. The molecule has 0 N–H and O–H groups in total. The van der Waals surface area contributed by atoms with Gasteiger partial charge in [-0.2, -0.15) is 0 Å². The van der Waals surface area contributed by atoms with Crippen LogP contribution >= 0.6 is 0 Å². The van der Waals surface area contributed by atoms with Gasteiger partial charge in [0.1, 0.15) is 0 Å². The molecule has 0 saturated carbocycles. The van der Waals surface area contributed by atoms with Crippen molar-refractivity contribution < 1.29 is 0 Å². The van der Waals surface area contributed by atoms with E-state index in [2.05, 4.69) is 12.3 Å². The van der Waals surface area contributed by atoms with E-state index in [1.807, 2.05) is 12.2 Å². The molecule has 0 rings (SSSR count). The van der Waals surface area contributed by atoms with E-state index in [1.165, 1.54) is 64.2 Å². The maximum atomic E-state index is 5.15. The predicted octanol–water partition coefficient (Wildman–Crippen LogP) is 5.61. The van der Waals surface area contributed by atoms with Gasteiger partial charge in [0, 0.05) is 0 Å². The first kappa shape index (κ1) is 15.3. The Morgan fingerprint density at radius 2 is 1.19 bits per heavy atom. The minimum atomic E-state index is 1.10. The Morgan fingerprint density at radius 3 is 1.62 bits per heavy atom. The van der Waals surface area contributed by atoms with Crippen molar-refractivity contribution >= 4 is 0 Å². The van der Waals surface area contributed by atoms with Gasteiger partial charge in [0.25, 0.3) is 0 Å². The third-order valence-corrected chi connectivity index (χ3v) is 2.87. The van der Waals surface area contributed by atoms with Gasteiger partial charge in [0.15, 0.2) is 0 Å². The van der Waals surface area contributed by atoms with Crippen molar-refractivity contribution in [1.29, 1.82) is 0 Å². The van der Waals surface area contributed by atoms with E-state index in [-0.39, 0.29) is 0 Å². The third kappa shape index (κ3) is 13.3. The topological polar surface area (TPSA) is 0 Å². The lowest BCUT2D eigenvalue weighted by molar-refractivity contribution is 0.561. The lowest BCUT2D eigenvalue weighted by Crippen LogP contribution is -1.81. The van der Waals surface area contributed by atoms with Crippen LogP contribution in [0.2, 0.25) is 0 Å². The zero-order valence-electron chi connectivity index (χ0n) is 10.7. The van der Waals surface area contributed by atoms with Crippen LogP contribution in [0.15, 0.2) is 24.5 Å². The van der Waals surface area contributed by atoms with Crippen molar-refractivity contribution in [3.8, 4) is 0 Å². The van der Waals surface area contributed by atoms with Crippen LogP contribution in [0.1, 0.15) is 70.6 Å². The molecule has 0 fully saturated rings. The van der Waals surface area contributed by atoms with E-state index in [9.17, 15) is 0 Å².